The highest BCUT2D eigenvalue weighted by Crippen LogP contribution is 2.29. The summed E-state index contributed by atoms with van der Waals surface area (Å²) in [6.07, 6.45) is -5.70. The third kappa shape index (κ3) is 8.37. The molecule has 1 aliphatic rings. The minimum absolute atomic E-state index is 0.00409. The molecule has 18 heteroatoms. The molecule has 1 saturated heterocycles. The number of ether oxygens (including phenoxy) is 4. The number of carbonyl (C=O) groups is 2. The highest BCUT2D eigenvalue weighted by molar-refractivity contribution is 5.73. The van der Waals surface area contributed by atoms with Gasteiger partial charge in [-0.1, -0.05) is 5.21 Å². The molecule has 2 heterocycles. The van der Waals surface area contributed by atoms with Crippen LogP contribution in [0.2, 0.25) is 0 Å². The van der Waals surface area contributed by atoms with Gasteiger partial charge in [0.1, 0.15) is 18.3 Å². The number of benzene rings is 1. The van der Waals surface area contributed by atoms with E-state index in [1.165, 1.54) is 10.9 Å². The summed E-state index contributed by atoms with van der Waals surface area (Å²) in [5, 5.41) is 37.9. The maximum Gasteiger partial charge on any atom is 0.313 e. The van der Waals surface area contributed by atoms with Crippen LogP contribution in [-0.2, 0) is 36.8 Å². The number of aromatic nitrogens is 3. The number of hydrogen-bond donors (Lipinski definition) is 4. The largest absolute Gasteiger partial charge is 0.420 e. The van der Waals surface area contributed by atoms with Gasteiger partial charge in [-0.2, -0.15) is 8.78 Å². The summed E-state index contributed by atoms with van der Waals surface area (Å²) >= 11 is 0. The SMILES string of the molecule is NC(=O)CC[C@H]1O[C@H](OCCc2cn(CCOCCC(=O)Oc3c(F)c(F)c(F)c(F)c3F)nn2)[C@@H](O)[C@@H](O)[C@@H]1O. The van der Waals surface area contributed by atoms with E-state index in [1.807, 2.05) is 0 Å². The molecule has 1 aromatic carbocycles. The number of aliphatic hydroxyl groups is 3. The minimum atomic E-state index is -2.38. The lowest BCUT2D eigenvalue weighted by Gasteiger charge is -2.40. The number of carbonyl (C=O) groups excluding carboxylic acids is 2. The van der Waals surface area contributed by atoms with Crippen molar-refractivity contribution < 1.29 is 65.8 Å². The molecule has 1 aromatic heterocycles. The van der Waals surface area contributed by atoms with Crippen LogP contribution in [0.1, 0.15) is 25.0 Å². The van der Waals surface area contributed by atoms with Gasteiger partial charge in [-0.15, -0.1) is 5.10 Å². The lowest BCUT2D eigenvalue weighted by molar-refractivity contribution is -0.297. The van der Waals surface area contributed by atoms with E-state index in [9.17, 15) is 46.9 Å². The van der Waals surface area contributed by atoms with Gasteiger partial charge in [0.2, 0.25) is 40.7 Å². The summed E-state index contributed by atoms with van der Waals surface area (Å²) in [5.74, 6) is -15.0. The minimum Gasteiger partial charge on any atom is -0.420 e. The highest BCUT2D eigenvalue weighted by atomic mass is 19.2. The van der Waals surface area contributed by atoms with Crippen molar-refractivity contribution in [1.29, 1.82) is 0 Å². The molecule has 0 spiro atoms. The Bertz CT molecular complexity index is 1190. The number of amides is 1. The van der Waals surface area contributed by atoms with E-state index in [2.05, 4.69) is 15.0 Å². The fourth-order valence-electron chi connectivity index (χ4n) is 3.67. The molecule has 0 saturated carbocycles. The number of esters is 1. The van der Waals surface area contributed by atoms with Crippen molar-refractivity contribution in [2.75, 3.05) is 19.8 Å². The van der Waals surface area contributed by atoms with Crippen LogP contribution < -0.4 is 10.5 Å². The van der Waals surface area contributed by atoms with Gasteiger partial charge in [0.25, 0.3) is 0 Å². The molecule has 5 atom stereocenters. The second-order valence-corrected chi connectivity index (χ2v) is 8.85. The third-order valence-electron chi connectivity index (χ3n) is 5.87. The first kappa shape index (κ1) is 32.2. The zero-order valence-corrected chi connectivity index (χ0v) is 21.2. The van der Waals surface area contributed by atoms with Crippen molar-refractivity contribution in [3.05, 3.63) is 41.0 Å². The number of halogens is 5. The molecule has 0 aliphatic carbocycles. The molecule has 0 radical (unpaired) electrons. The molecule has 5 N–H and O–H groups in total. The second-order valence-electron chi connectivity index (χ2n) is 8.85. The predicted octanol–water partition coefficient (Wildman–Crippen LogP) is -0.382. The molecule has 1 fully saturated rings. The first-order valence-electron chi connectivity index (χ1n) is 12.2. The van der Waals surface area contributed by atoms with Crippen molar-refractivity contribution >= 4 is 11.9 Å². The summed E-state index contributed by atoms with van der Waals surface area (Å²) in [4.78, 5) is 22.7. The lowest BCUT2D eigenvalue weighted by atomic mass is 9.96. The van der Waals surface area contributed by atoms with Gasteiger partial charge in [0.05, 0.1) is 44.6 Å². The highest BCUT2D eigenvalue weighted by Gasteiger charge is 2.44. The Morgan fingerprint density at radius 1 is 0.927 bits per heavy atom. The quantitative estimate of drug-likeness (QED) is 0.0554. The molecule has 0 unspecified atom stereocenters. The molecular weight excluding hydrogens is 571 g/mol. The van der Waals surface area contributed by atoms with Crippen LogP contribution in [0.15, 0.2) is 6.20 Å². The summed E-state index contributed by atoms with van der Waals surface area (Å²) in [6.45, 7) is -0.150. The molecule has 0 bridgehead atoms. The van der Waals surface area contributed by atoms with E-state index in [4.69, 9.17) is 19.9 Å². The summed E-state index contributed by atoms with van der Waals surface area (Å²) in [6, 6.07) is 0. The summed E-state index contributed by atoms with van der Waals surface area (Å²) in [7, 11) is 0. The normalized spacial score (nSPS) is 22.6. The number of hydrogen-bond acceptors (Lipinski definition) is 11. The molecule has 1 aliphatic heterocycles. The average molecular weight is 598 g/mol. The van der Waals surface area contributed by atoms with E-state index in [0.29, 0.717) is 5.69 Å². The number of rotatable bonds is 14. The van der Waals surface area contributed by atoms with Gasteiger partial charge in [0.15, 0.2) is 6.29 Å². The van der Waals surface area contributed by atoms with Crippen LogP contribution in [0.5, 0.6) is 5.75 Å². The van der Waals surface area contributed by atoms with Gasteiger partial charge in [-0.25, -0.2) is 17.9 Å². The maximum atomic E-state index is 13.6. The van der Waals surface area contributed by atoms with Crippen LogP contribution in [0.3, 0.4) is 0 Å². The van der Waals surface area contributed by atoms with Crippen molar-refractivity contribution in [3.63, 3.8) is 0 Å². The van der Waals surface area contributed by atoms with Crippen molar-refractivity contribution in [3.8, 4) is 5.75 Å². The van der Waals surface area contributed by atoms with Gasteiger partial charge >= 0.3 is 5.97 Å². The predicted molar refractivity (Wildman–Crippen MR) is 122 cm³/mol. The lowest BCUT2D eigenvalue weighted by Crippen LogP contribution is -2.58. The molecule has 41 heavy (non-hydrogen) atoms. The molecular formula is C23H27F5N4O9. The van der Waals surface area contributed by atoms with Crippen molar-refractivity contribution in [2.45, 2.75) is 62.9 Å². The van der Waals surface area contributed by atoms with Gasteiger partial charge in [0, 0.05) is 19.0 Å². The van der Waals surface area contributed by atoms with Crippen molar-refractivity contribution in [2.24, 2.45) is 5.73 Å². The standard InChI is InChI=1S/C23H27F5N4O9/c24-14-15(25)17(27)22(18(28)16(14)26)41-13(34)4-6-38-8-5-32-9-10(30-31-32)3-7-39-23-21(37)20(36)19(35)11(40-23)1-2-12(29)33/h9,11,19-21,23,35-37H,1-8H2,(H2,29,33)/t11-,19-,20+,21+,23+/m1/s1. The van der Waals surface area contributed by atoms with Crippen LogP contribution >= 0.6 is 0 Å². The van der Waals surface area contributed by atoms with Gasteiger partial charge in [-0.3, -0.25) is 9.59 Å². The number of primary amides is 1. The van der Waals surface area contributed by atoms with Crippen LogP contribution in [0.25, 0.3) is 0 Å². The molecule has 13 nitrogen and oxygen atoms in total. The molecule has 228 valence electrons. The van der Waals surface area contributed by atoms with Gasteiger partial charge in [-0.05, 0) is 6.42 Å². The molecule has 3 rings (SSSR count). The fraction of sp³-hybridized carbons (Fsp3) is 0.565. The number of nitrogens with zero attached hydrogens (tertiary/aromatic N) is 3. The maximum absolute atomic E-state index is 13.6. The Kier molecular flexibility index (Phi) is 11.4. The van der Waals surface area contributed by atoms with Crippen LogP contribution in [0.4, 0.5) is 22.0 Å². The van der Waals surface area contributed by atoms with E-state index in [0.717, 1.165) is 0 Å². The number of nitrogens with two attached hydrogens (primary N) is 1. The Hall–Kier alpha value is -3.29. The summed E-state index contributed by atoms with van der Waals surface area (Å²) < 4.78 is 88.3. The second kappa shape index (κ2) is 14.6. The topological polar surface area (TPSA) is 188 Å². The van der Waals surface area contributed by atoms with E-state index < -0.39 is 83.8 Å². The Labute approximate surface area is 228 Å². The van der Waals surface area contributed by atoms with Gasteiger partial charge < -0.3 is 40.0 Å². The smallest absolute Gasteiger partial charge is 0.313 e. The van der Waals surface area contributed by atoms with E-state index in [-0.39, 0.29) is 45.6 Å². The Balaban J connectivity index is 1.36. The monoisotopic (exact) mass is 598 g/mol. The van der Waals surface area contributed by atoms with Crippen molar-refractivity contribution in [1.82, 2.24) is 15.0 Å². The van der Waals surface area contributed by atoms with Crippen LogP contribution in [-0.4, -0.2) is 92.7 Å². The average Bonchev–Trinajstić information content (AvgIpc) is 3.39. The zero-order chi connectivity index (χ0) is 30.3. The first-order valence-corrected chi connectivity index (χ1v) is 12.2. The van der Waals surface area contributed by atoms with Crippen LogP contribution in [0, 0.1) is 29.1 Å². The summed E-state index contributed by atoms with van der Waals surface area (Å²) in [5.41, 5.74) is 5.55. The number of aliphatic hydroxyl groups excluding tert-OH is 3. The van der Waals surface area contributed by atoms with E-state index in [1.54, 1.807) is 0 Å². The fourth-order valence-corrected chi connectivity index (χ4v) is 3.67. The first-order chi connectivity index (χ1) is 19.4. The molecule has 1 amide bonds. The Morgan fingerprint density at radius 2 is 1.59 bits per heavy atom. The zero-order valence-electron chi connectivity index (χ0n) is 21.2. The Morgan fingerprint density at radius 3 is 2.24 bits per heavy atom. The van der Waals surface area contributed by atoms with E-state index >= 15 is 0 Å². The third-order valence-corrected chi connectivity index (χ3v) is 5.87. The molecule has 2 aromatic rings.